The largest absolute Gasteiger partial charge is 0.493 e. The van der Waals surface area contributed by atoms with Gasteiger partial charge < -0.3 is 19.7 Å². The minimum atomic E-state index is -0.180. The Balaban J connectivity index is 1.57. The standard InChI is InChI=1S/C25H30N2O3/c1-4-17-30-23-11-5-20(18-24(23)29-3)6-12-25(28)26-21-7-9-22(10-8-21)27-15-13-19(2)14-16-27/h4-12,18-19H,1,13-17H2,2-3H3,(H,26,28)/b12-6+. The molecule has 3 rings (SSSR count). The Hall–Kier alpha value is -3.21. The van der Waals surface area contributed by atoms with E-state index in [-0.39, 0.29) is 5.91 Å². The maximum absolute atomic E-state index is 12.3. The molecule has 1 heterocycles. The summed E-state index contributed by atoms with van der Waals surface area (Å²) in [5.74, 6) is 1.88. The lowest BCUT2D eigenvalue weighted by Crippen LogP contribution is -2.32. The molecule has 0 aliphatic carbocycles. The van der Waals surface area contributed by atoms with Crippen LogP contribution in [0.25, 0.3) is 6.08 Å². The van der Waals surface area contributed by atoms with Gasteiger partial charge >= 0.3 is 0 Å². The molecule has 1 fully saturated rings. The van der Waals surface area contributed by atoms with Crippen LogP contribution < -0.4 is 19.7 Å². The van der Waals surface area contributed by atoms with Crippen LogP contribution in [0.1, 0.15) is 25.3 Å². The molecule has 30 heavy (non-hydrogen) atoms. The monoisotopic (exact) mass is 406 g/mol. The van der Waals surface area contributed by atoms with E-state index in [9.17, 15) is 4.79 Å². The molecule has 0 radical (unpaired) electrons. The van der Waals surface area contributed by atoms with Crippen molar-refractivity contribution in [3.05, 3.63) is 66.8 Å². The number of piperidine rings is 1. The summed E-state index contributed by atoms with van der Waals surface area (Å²) in [6.45, 7) is 8.54. The van der Waals surface area contributed by atoms with Crippen molar-refractivity contribution < 1.29 is 14.3 Å². The number of anilines is 2. The summed E-state index contributed by atoms with van der Waals surface area (Å²) in [5.41, 5.74) is 2.84. The van der Waals surface area contributed by atoms with E-state index in [1.165, 1.54) is 24.6 Å². The highest BCUT2D eigenvalue weighted by atomic mass is 16.5. The number of ether oxygens (including phenoxy) is 2. The Bertz CT molecular complexity index is 882. The molecule has 5 heteroatoms. The van der Waals surface area contributed by atoms with Gasteiger partial charge in [0.25, 0.3) is 0 Å². The Morgan fingerprint density at radius 2 is 1.90 bits per heavy atom. The molecule has 158 valence electrons. The van der Waals surface area contributed by atoms with Gasteiger partial charge in [0.2, 0.25) is 5.91 Å². The number of methoxy groups -OCH3 is 1. The number of carbonyl (C=O) groups excluding carboxylic acids is 1. The number of hydrogen-bond donors (Lipinski definition) is 1. The average molecular weight is 407 g/mol. The van der Waals surface area contributed by atoms with Crippen LogP contribution in [0, 0.1) is 5.92 Å². The van der Waals surface area contributed by atoms with Gasteiger partial charge in [-0.1, -0.05) is 25.6 Å². The summed E-state index contributed by atoms with van der Waals surface area (Å²) in [6.07, 6.45) is 7.40. The maximum atomic E-state index is 12.3. The number of rotatable bonds is 8. The van der Waals surface area contributed by atoms with Crippen LogP contribution in [0.3, 0.4) is 0 Å². The zero-order valence-corrected chi connectivity index (χ0v) is 17.8. The zero-order valence-electron chi connectivity index (χ0n) is 17.8. The van der Waals surface area contributed by atoms with Gasteiger partial charge in [0, 0.05) is 30.5 Å². The summed E-state index contributed by atoms with van der Waals surface area (Å²) >= 11 is 0. The van der Waals surface area contributed by atoms with Crippen LogP contribution in [-0.2, 0) is 4.79 Å². The van der Waals surface area contributed by atoms with Crippen molar-refractivity contribution in [1.82, 2.24) is 0 Å². The molecule has 5 nitrogen and oxygen atoms in total. The minimum absolute atomic E-state index is 0.180. The molecule has 1 amide bonds. The molecule has 0 spiro atoms. The van der Waals surface area contributed by atoms with Gasteiger partial charge in [0.1, 0.15) is 6.61 Å². The Labute approximate surface area is 179 Å². The van der Waals surface area contributed by atoms with Gasteiger partial charge in [-0.05, 0) is 66.8 Å². The van der Waals surface area contributed by atoms with E-state index in [1.54, 1.807) is 19.3 Å². The Kier molecular flexibility index (Phi) is 7.55. The first-order valence-corrected chi connectivity index (χ1v) is 10.3. The van der Waals surface area contributed by atoms with E-state index >= 15 is 0 Å². The fourth-order valence-electron chi connectivity index (χ4n) is 3.43. The highest BCUT2D eigenvalue weighted by Gasteiger charge is 2.15. The van der Waals surface area contributed by atoms with Crippen molar-refractivity contribution in [2.24, 2.45) is 5.92 Å². The molecule has 1 aliphatic heterocycles. The minimum Gasteiger partial charge on any atom is -0.493 e. The summed E-state index contributed by atoms with van der Waals surface area (Å²) in [7, 11) is 1.59. The fraction of sp³-hybridized carbons (Fsp3) is 0.320. The normalized spacial score (nSPS) is 14.5. The van der Waals surface area contributed by atoms with Gasteiger partial charge in [0.15, 0.2) is 11.5 Å². The quantitative estimate of drug-likeness (QED) is 0.487. The second-order valence-corrected chi connectivity index (χ2v) is 7.55. The van der Waals surface area contributed by atoms with Crippen molar-refractivity contribution >= 4 is 23.4 Å². The van der Waals surface area contributed by atoms with E-state index in [1.807, 2.05) is 30.3 Å². The number of nitrogens with one attached hydrogen (secondary N) is 1. The van der Waals surface area contributed by atoms with Gasteiger partial charge in [-0.3, -0.25) is 4.79 Å². The first-order valence-electron chi connectivity index (χ1n) is 10.3. The number of carbonyl (C=O) groups is 1. The molecular weight excluding hydrogens is 376 g/mol. The van der Waals surface area contributed by atoms with Crippen LogP contribution in [-0.4, -0.2) is 32.7 Å². The van der Waals surface area contributed by atoms with E-state index in [4.69, 9.17) is 9.47 Å². The van der Waals surface area contributed by atoms with Gasteiger partial charge in [-0.2, -0.15) is 0 Å². The molecule has 0 atom stereocenters. The fourth-order valence-corrected chi connectivity index (χ4v) is 3.43. The van der Waals surface area contributed by atoms with Crippen molar-refractivity contribution in [1.29, 1.82) is 0 Å². The molecule has 2 aromatic rings. The van der Waals surface area contributed by atoms with Crippen molar-refractivity contribution in [3.8, 4) is 11.5 Å². The molecule has 2 aromatic carbocycles. The summed E-state index contributed by atoms with van der Waals surface area (Å²) in [6, 6.07) is 13.6. The number of nitrogens with zero attached hydrogens (tertiary/aromatic N) is 1. The van der Waals surface area contributed by atoms with E-state index in [0.29, 0.717) is 18.1 Å². The summed E-state index contributed by atoms with van der Waals surface area (Å²) in [4.78, 5) is 14.7. The summed E-state index contributed by atoms with van der Waals surface area (Å²) in [5, 5.41) is 2.91. The molecule has 0 unspecified atom stereocenters. The van der Waals surface area contributed by atoms with Crippen molar-refractivity contribution in [3.63, 3.8) is 0 Å². The summed E-state index contributed by atoms with van der Waals surface area (Å²) < 4.78 is 10.9. The number of benzene rings is 2. The first kappa shape index (κ1) is 21.5. The molecular formula is C25H30N2O3. The zero-order chi connectivity index (χ0) is 21.3. The van der Waals surface area contributed by atoms with Gasteiger partial charge in [-0.15, -0.1) is 0 Å². The van der Waals surface area contributed by atoms with Crippen molar-refractivity contribution in [2.75, 3.05) is 37.0 Å². The second kappa shape index (κ2) is 10.5. The van der Waals surface area contributed by atoms with E-state index in [2.05, 4.69) is 35.9 Å². The molecule has 0 aromatic heterocycles. The SMILES string of the molecule is C=CCOc1ccc(/C=C/C(=O)Nc2ccc(N3CCC(C)CC3)cc2)cc1OC. The van der Waals surface area contributed by atoms with Crippen LogP contribution >= 0.6 is 0 Å². The van der Waals surface area contributed by atoms with Gasteiger partial charge in [0.05, 0.1) is 7.11 Å². The predicted octanol–water partition coefficient (Wildman–Crippen LogP) is 5.15. The highest BCUT2D eigenvalue weighted by Crippen LogP contribution is 2.28. The number of hydrogen-bond acceptors (Lipinski definition) is 4. The second-order valence-electron chi connectivity index (χ2n) is 7.55. The third-order valence-electron chi connectivity index (χ3n) is 5.26. The Morgan fingerprint density at radius 1 is 1.17 bits per heavy atom. The van der Waals surface area contributed by atoms with Crippen LogP contribution in [0.2, 0.25) is 0 Å². The highest BCUT2D eigenvalue weighted by molar-refractivity contribution is 6.02. The van der Waals surface area contributed by atoms with E-state index < -0.39 is 0 Å². The molecule has 1 aliphatic rings. The topological polar surface area (TPSA) is 50.8 Å². The lowest BCUT2D eigenvalue weighted by atomic mass is 9.99. The molecule has 1 saturated heterocycles. The maximum Gasteiger partial charge on any atom is 0.248 e. The van der Waals surface area contributed by atoms with E-state index in [0.717, 1.165) is 30.3 Å². The average Bonchev–Trinajstić information content (AvgIpc) is 2.77. The lowest BCUT2D eigenvalue weighted by molar-refractivity contribution is -0.111. The van der Waals surface area contributed by atoms with Crippen LogP contribution in [0.15, 0.2) is 61.2 Å². The number of amides is 1. The van der Waals surface area contributed by atoms with Crippen LogP contribution in [0.5, 0.6) is 11.5 Å². The smallest absolute Gasteiger partial charge is 0.248 e. The predicted molar refractivity (Wildman–Crippen MR) is 123 cm³/mol. The van der Waals surface area contributed by atoms with Crippen LogP contribution in [0.4, 0.5) is 11.4 Å². The van der Waals surface area contributed by atoms with Crippen molar-refractivity contribution in [2.45, 2.75) is 19.8 Å². The van der Waals surface area contributed by atoms with Gasteiger partial charge in [-0.25, -0.2) is 0 Å². The first-order chi connectivity index (χ1) is 14.6. The lowest BCUT2D eigenvalue weighted by Gasteiger charge is -2.32. The third-order valence-corrected chi connectivity index (χ3v) is 5.26. The molecule has 1 N–H and O–H groups in total. The Morgan fingerprint density at radius 3 is 2.57 bits per heavy atom. The molecule has 0 bridgehead atoms. The third kappa shape index (κ3) is 5.89. The molecule has 0 saturated carbocycles.